The first-order chi connectivity index (χ1) is 7.11. The molecule has 84 valence electrons. The lowest BCUT2D eigenvalue weighted by Crippen LogP contribution is -2.03. The maximum absolute atomic E-state index is 9.02. The van der Waals surface area contributed by atoms with Gasteiger partial charge in [-0.15, -0.1) is 0 Å². The molecule has 15 heavy (non-hydrogen) atoms. The third-order valence-electron chi connectivity index (χ3n) is 2.12. The molecule has 1 rings (SSSR count). The van der Waals surface area contributed by atoms with Crippen molar-refractivity contribution in [2.24, 2.45) is 5.92 Å². The van der Waals surface area contributed by atoms with Crippen molar-refractivity contribution in [2.45, 2.75) is 33.8 Å². The molecule has 0 amide bonds. The molecular formula is C12H19NO2. The number of hydrogen-bond acceptors (Lipinski definition) is 3. The first-order valence-electron chi connectivity index (χ1n) is 5.33. The van der Waals surface area contributed by atoms with Crippen LogP contribution in [0.15, 0.2) is 12.1 Å². The highest BCUT2D eigenvalue weighted by molar-refractivity contribution is 5.23. The fraction of sp³-hybridized carbons (Fsp3) is 0.583. The van der Waals surface area contributed by atoms with Gasteiger partial charge in [-0.3, -0.25) is 0 Å². The van der Waals surface area contributed by atoms with Gasteiger partial charge in [0.1, 0.15) is 0 Å². The number of ether oxygens (including phenoxy) is 1. The largest absolute Gasteiger partial charge is 0.478 e. The van der Waals surface area contributed by atoms with E-state index in [0.29, 0.717) is 18.4 Å². The molecular weight excluding hydrogens is 190 g/mol. The molecule has 1 aromatic heterocycles. The Morgan fingerprint density at radius 1 is 1.40 bits per heavy atom. The lowest BCUT2D eigenvalue weighted by atomic mass is 10.1. The predicted octanol–water partition coefficient (Wildman–Crippen LogP) is 2.31. The second-order valence-corrected chi connectivity index (χ2v) is 4.14. The van der Waals surface area contributed by atoms with Gasteiger partial charge in [-0.1, -0.05) is 13.8 Å². The monoisotopic (exact) mass is 209 g/mol. The molecule has 0 aliphatic heterocycles. The summed E-state index contributed by atoms with van der Waals surface area (Å²) in [7, 11) is 0. The van der Waals surface area contributed by atoms with Gasteiger partial charge >= 0.3 is 0 Å². The van der Waals surface area contributed by atoms with Gasteiger partial charge in [0.25, 0.3) is 0 Å². The van der Waals surface area contributed by atoms with E-state index in [1.165, 1.54) is 0 Å². The van der Waals surface area contributed by atoms with E-state index in [2.05, 4.69) is 18.8 Å². The van der Waals surface area contributed by atoms with Gasteiger partial charge in [0.05, 0.1) is 13.2 Å². The highest BCUT2D eigenvalue weighted by Crippen LogP contribution is 2.13. The SMILES string of the molecule is Cc1cc(CO)cc(OCCC(C)C)n1. The van der Waals surface area contributed by atoms with E-state index in [0.717, 1.165) is 17.7 Å². The average molecular weight is 209 g/mol. The molecule has 3 nitrogen and oxygen atoms in total. The molecule has 0 aliphatic carbocycles. The van der Waals surface area contributed by atoms with Crippen LogP contribution in [0.5, 0.6) is 5.88 Å². The first kappa shape index (κ1) is 12.0. The molecule has 0 aliphatic rings. The molecule has 0 saturated heterocycles. The fourth-order valence-electron chi connectivity index (χ4n) is 1.27. The molecule has 1 aromatic rings. The van der Waals surface area contributed by atoms with Gasteiger partial charge in [-0.25, -0.2) is 4.98 Å². The number of hydrogen-bond donors (Lipinski definition) is 1. The number of pyridine rings is 1. The van der Waals surface area contributed by atoms with Crippen LogP contribution in [-0.2, 0) is 6.61 Å². The van der Waals surface area contributed by atoms with E-state index in [-0.39, 0.29) is 6.61 Å². The van der Waals surface area contributed by atoms with Gasteiger partial charge < -0.3 is 9.84 Å². The Morgan fingerprint density at radius 2 is 2.13 bits per heavy atom. The van der Waals surface area contributed by atoms with Crippen LogP contribution in [0.3, 0.4) is 0 Å². The van der Waals surface area contributed by atoms with E-state index in [1.807, 2.05) is 13.0 Å². The van der Waals surface area contributed by atoms with Crippen LogP contribution in [0.25, 0.3) is 0 Å². The highest BCUT2D eigenvalue weighted by atomic mass is 16.5. The van der Waals surface area contributed by atoms with Crippen molar-refractivity contribution in [2.75, 3.05) is 6.61 Å². The van der Waals surface area contributed by atoms with Gasteiger partial charge in [0.2, 0.25) is 5.88 Å². The molecule has 0 bridgehead atoms. The molecule has 0 aromatic carbocycles. The van der Waals surface area contributed by atoms with Crippen molar-refractivity contribution in [3.05, 3.63) is 23.4 Å². The topological polar surface area (TPSA) is 42.4 Å². The third-order valence-corrected chi connectivity index (χ3v) is 2.12. The second kappa shape index (κ2) is 5.71. The highest BCUT2D eigenvalue weighted by Gasteiger charge is 2.01. The third kappa shape index (κ3) is 4.30. The summed E-state index contributed by atoms with van der Waals surface area (Å²) in [5.74, 6) is 1.24. The molecule has 0 unspecified atom stereocenters. The van der Waals surface area contributed by atoms with E-state index in [4.69, 9.17) is 9.84 Å². The molecule has 0 saturated carbocycles. The summed E-state index contributed by atoms with van der Waals surface area (Å²) in [5, 5.41) is 9.02. The number of aliphatic hydroxyl groups is 1. The Morgan fingerprint density at radius 3 is 2.73 bits per heavy atom. The molecule has 1 N–H and O–H groups in total. The minimum atomic E-state index is 0.0316. The summed E-state index contributed by atoms with van der Waals surface area (Å²) in [4.78, 5) is 4.25. The number of aryl methyl sites for hydroxylation is 1. The Hall–Kier alpha value is -1.09. The van der Waals surface area contributed by atoms with Gasteiger partial charge in [0, 0.05) is 11.8 Å². The van der Waals surface area contributed by atoms with Crippen LogP contribution in [0.2, 0.25) is 0 Å². The number of nitrogens with zero attached hydrogens (tertiary/aromatic N) is 1. The zero-order chi connectivity index (χ0) is 11.3. The van der Waals surface area contributed by atoms with Gasteiger partial charge in [0.15, 0.2) is 0 Å². The zero-order valence-corrected chi connectivity index (χ0v) is 9.66. The molecule has 0 fully saturated rings. The van der Waals surface area contributed by atoms with Crippen LogP contribution >= 0.6 is 0 Å². The Kier molecular flexibility index (Phi) is 4.56. The van der Waals surface area contributed by atoms with Gasteiger partial charge in [-0.2, -0.15) is 0 Å². The van der Waals surface area contributed by atoms with Crippen molar-refractivity contribution in [3.63, 3.8) is 0 Å². The summed E-state index contributed by atoms with van der Waals surface area (Å²) >= 11 is 0. The average Bonchev–Trinajstić information content (AvgIpc) is 2.16. The van der Waals surface area contributed by atoms with E-state index >= 15 is 0 Å². The number of aromatic nitrogens is 1. The summed E-state index contributed by atoms with van der Waals surface area (Å²) in [6, 6.07) is 3.64. The standard InChI is InChI=1S/C12H19NO2/c1-9(2)4-5-15-12-7-11(8-14)6-10(3)13-12/h6-7,9,14H,4-5,8H2,1-3H3. The van der Waals surface area contributed by atoms with Crippen molar-refractivity contribution in [3.8, 4) is 5.88 Å². The summed E-state index contributed by atoms with van der Waals surface area (Å²) in [5.41, 5.74) is 1.73. The van der Waals surface area contributed by atoms with Crippen LogP contribution in [0.4, 0.5) is 0 Å². The number of aliphatic hydroxyl groups excluding tert-OH is 1. The maximum atomic E-state index is 9.02. The van der Waals surface area contributed by atoms with Crippen molar-refractivity contribution >= 4 is 0 Å². The minimum absolute atomic E-state index is 0.0316. The lowest BCUT2D eigenvalue weighted by molar-refractivity contribution is 0.269. The smallest absolute Gasteiger partial charge is 0.213 e. The Balaban J connectivity index is 2.56. The Bertz CT molecular complexity index is 310. The Labute approximate surface area is 91.1 Å². The molecule has 0 spiro atoms. The van der Waals surface area contributed by atoms with Crippen LogP contribution in [0.1, 0.15) is 31.5 Å². The molecule has 0 radical (unpaired) electrons. The lowest BCUT2D eigenvalue weighted by Gasteiger charge is -2.08. The van der Waals surface area contributed by atoms with E-state index < -0.39 is 0 Å². The minimum Gasteiger partial charge on any atom is -0.478 e. The van der Waals surface area contributed by atoms with E-state index in [1.54, 1.807) is 6.07 Å². The van der Waals surface area contributed by atoms with Crippen LogP contribution in [0, 0.1) is 12.8 Å². The van der Waals surface area contributed by atoms with Crippen LogP contribution < -0.4 is 4.74 Å². The summed E-state index contributed by atoms with van der Waals surface area (Å²) < 4.78 is 5.52. The van der Waals surface area contributed by atoms with E-state index in [9.17, 15) is 0 Å². The quantitative estimate of drug-likeness (QED) is 0.809. The zero-order valence-electron chi connectivity index (χ0n) is 9.66. The summed E-state index contributed by atoms with van der Waals surface area (Å²) in [6.45, 7) is 6.93. The maximum Gasteiger partial charge on any atom is 0.213 e. The fourth-order valence-corrected chi connectivity index (χ4v) is 1.27. The predicted molar refractivity (Wildman–Crippen MR) is 59.8 cm³/mol. The normalized spacial score (nSPS) is 10.7. The molecule has 1 heterocycles. The van der Waals surface area contributed by atoms with Crippen molar-refractivity contribution < 1.29 is 9.84 Å². The van der Waals surface area contributed by atoms with Crippen LogP contribution in [-0.4, -0.2) is 16.7 Å². The number of rotatable bonds is 5. The van der Waals surface area contributed by atoms with Gasteiger partial charge in [-0.05, 0) is 30.9 Å². The van der Waals surface area contributed by atoms with Crippen molar-refractivity contribution in [1.29, 1.82) is 0 Å². The van der Waals surface area contributed by atoms with Crippen molar-refractivity contribution in [1.82, 2.24) is 4.98 Å². The molecule has 3 heteroatoms. The molecule has 0 atom stereocenters. The first-order valence-corrected chi connectivity index (χ1v) is 5.33. The summed E-state index contributed by atoms with van der Waals surface area (Å²) in [6.07, 6.45) is 1.02. The second-order valence-electron chi connectivity index (χ2n) is 4.14.